The maximum atomic E-state index is 12.8. The van der Waals surface area contributed by atoms with E-state index in [1.54, 1.807) is 18.3 Å². The van der Waals surface area contributed by atoms with Crippen LogP contribution >= 0.6 is 15.9 Å². The Morgan fingerprint density at radius 3 is 2.47 bits per heavy atom. The Kier molecular flexibility index (Phi) is 4.00. The van der Waals surface area contributed by atoms with Gasteiger partial charge in [0, 0.05) is 11.8 Å². The number of phenolic OH excluding ortho intramolecular Hbond substituents is 1. The molecule has 98 valence electrons. The predicted octanol–water partition coefficient (Wildman–Crippen LogP) is 4.66. The normalized spacial score (nSPS) is 11.2. The van der Waals surface area contributed by atoms with Crippen molar-refractivity contribution in [1.82, 2.24) is 0 Å². The molecule has 2 aromatic carbocycles. The van der Waals surface area contributed by atoms with E-state index < -0.39 is 0 Å². The van der Waals surface area contributed by atoms with Crippen molar-refractivity contribution in [1.29, 1.82) is 0 Å². The molecule has 2 rings (SSSR count). The van der Waals surface area contributed by atoms with Crippen molar-refractivity contribution in [2.45, 2.75) is 13.8 Å². The summed E-state index contributed by atoms with van der Waals surface area (Å²) in [5.74, 6) is -0.135. The zero-order valence-corrected chi connectivity index (χ0v) is 12.2. The highest BCUT2D eigenvalue weighted by molar-refractivity contribution is 9.10. The molecule has 0 amide bonds. The number of aromatic hydroxyl groups is 1. The summed E-state index contributed by atoms with van der Waals surface area (Å²) in [6.45, 7) is 3.90. The van der Waals surface area contributed by atoms with Gasteiger partial charge in [-0.2, -0.15) is 0 Å². The summed E-state index contributed by atoms with van der Waals surface area (Å²) in [5, 5.41) is 10.0. The molecule has 19 heavy (non-hydrogen) atoms. The van der Waals surface area contributed by atoms with Gasteiger partial charge in [0.25, 0.3) is 0 Å². The van der Waals surface area contributed by atoms with Gasteiger partial charge in [-0.1, -0.05) is 0 Å². The second kappa shape index (κ2) is 5.53. The Bertz CT molecular complexity index is 636. The standard InChI is InChI=1S/C15H13BrFNO/c1-9-7-11(15(19)14(16)10(9)2)8-18-13-5-3-12(17)4-6-13/h3-8,19H,1-2H3. The second-order valence-electron chi connectivity index (χ2n) is 4.30. The summed E-state index contributed by atoms with van der Waals surface area (Å²) in [6.07, 6.45) is 1.57. The van der Waals surface area contributed by atoms with Crippen LogP contribution in [-0.4, -0.2) is 11.3 Å². The van der Waals surface area contributed by atoms with Gasteiger partial charge in [-0.25, -0.2) is 4.39 Å². The fraction of sp³-hybridized carbons (Fsp3) is 0.133. The summed E-state index contributed by atoms with van der Waals surface area (Å²) in [6, 6.07) is 7.73. The molecule has 0 aliphatic heterocycles. The average molecular weight is 322 g/mol. The minimum Gasteiger partial charge on any atom is -0.506 e. The maximum Gasteiger partial charge on any atom is 0.138 e. The van der Waals surface area contributed by atoms with Gasteiger partial charge < -0.3 is 5.11 Å². The number of hydrogen-bond acceptors (Lipinski definition) is 2. The number of benzene rings is 2. The first-order valence-electron chi connectivity index (χ1n) is 5.77. The van der Waals surface area contributed by atoms with Gasteiger partial charge in [-0.15, -0.1) is 0 Å². The minimum atomic E-state index is -0.296. The lowest BCUT2D eigenvalue weighted by molar-refractivity contribution is 0.470. The molecule has 0 heterocycles. The van der Waals surface area contributed by atoms with E-state index in [-0.39, 0.29) is 11.6 Å². The lowest BCUT2D eigenvalue weighted by Gasteiger charge is -2.08. The van der Waals surface area contributed by atoms with E-state index in [0.29, 0.717) is 15.7 Å². The third-order valence-corrected chi connectivity index (χ3v) is 3.92. The Morgan fingerprint density at radius 2 is 1.84 bits per heavy atom. The van der Waals surface area contributed by atoms with Crippen molar-refractivity contribution in [2.24, 2.45) is 4.99 Å². The molecule has 0 fully saturated rings. The van der Waals surface area contributed by atoms with E-state index in [4.69, 9.17) is 0 Å². The number of hydrogen-bond donors (Lipinski definition) is 1. The molecule has 2 aromatic rings. The van der Waals surface area contributed by atoms with Crippen LogP contribution in [0.15, 0.2) is 39.8 Å². The molecule has 1 N–H and O–H groups in total. The highest BCUT2D eigenvalue weighted by atomic mass is 79.9. The van der Waals surface area contributed by atoms with Crippen LogP contribution in [0, 0.1) is 19.7 Å². The molecule has 0 saturated heterocycles. The molecular weight excluding hydrogens is 309 g/mol. The van der Waals surface area contributed by atoms with Crippen molar-refractivity contribution in [3.8, 4) is 5.75 Å². The maximum absolute atomic E-state index is 12.8. The van der Waals surface area contributed by atoms with E-state index in [2.05, 4.69) is 20.9 Å². The first-order chi connectivity index (χ1) is 8.99. The van der Waals surface area contributed by atoms with Gasteiger partial charge in [-0.05, 0) is 71.2 Å². The molecule has 4 heteroatoms. The van der Waals surface area contributed by atoms with Crippen LogP contribution in [0.3, 0.4) is 0 Å². The van der Waals surface area contributed by atoms with Crippen LogP contribution in [0.1, 0.15) is 16.7 Å². The molecule has 0 saturated carbocycles. The van der Waals surface area contributed by atoms with Crippen molar-refractivity contribution < 1.29 is 9.50 Å². The lowest BCUT2D eigenvalue weighted by Crippen LogP contribution is -1.90. The third kappa shape index (κ3) is 3.01. The number of aryl methyl sites for hydroxylation is 1. The molecule has 2 nitrogen and oxygen atoms in total. The van der Waals surface area contributed by atoms with Crippen molar-refractivity contribution in [3.05, 3.63) is 57.3 Å². The molecule has 0 radical (unpaired) electrons. The Morgan fingerprint density at radius 1 is 1.21 bits per heavy atom. The van der Waals surface area contributed by atoms with E-state index in [0.717, 1.165) is 11.1 Å². The molecule has 0 aliphatic rings. The smallest absolute Gasteiger partial charge is 0.138 e. The van der Waals surface area contributed by atoms with Crippen LogP contribution in [0.2, 0.25) is 0 Å². The fourth-order valence-corrected chi connectivity index (χ4v) is 2.20. The Labute approximate surface area is 119 Å². The fourth-order valence-electron chi connectivity index (χ4n) is 1.66. The summed E-state index contributed by atoms with van der Waals surface area (Å²) >= 11 is 3.36. The number of phenols is 1. The summed E-state index contributed by atoms with van der Waals surface area (Å²) in [5.41, 5.74) is 3.32. The molecule has 0 aliphatic carbocycles. The van der Waals surface area contributed by atoms with Crippen LogP contribution in [0.4, 0.5) is 10.1 Å². The molecule has 0 unspecified atom stereocenters. The molecule has 0 spiro atoms. The lowest BCUT2D eigenvalue weighted by atomic mass is 10.1. The van der Waals surface area contributed by atoms with Gasteiger partial charge in [0.1, 0.15) is 11.6 Å². The zero-order chi connectivity index (χ0) is 14.0. The van der Waals surface area contributed by atoms with Crippen LogP contribution in [0.5, 0.6) is 5.75 Å². The van der Waals surface area contributed by atoms with Gasteiger partial charge >= 0.3 is 0 Å². The highest BCUT2D eigenvalue weighted by Crippen LogP contribution is 2.32. The SMILES string of the molecule is Cc1cc(C=Nc2ccc(F)cc2)c(O)c(Br)c1C. The first kappa shape index (κ1) is 13.7. The van der Waals surface area contributed by atoms with Gasteiger partial charge in [-0.3, -0.25) is 4.99 Å². The second-order valence-corrected chi connectivity index (χ2v) is 5.10. The molecular formula is C15H13BrFNO. The van der Waals surface area contributed by atoms with Gasteiger partial charge in [0.05, 0.1) is 10.2 Å². The summed E-state index contributed by atoms with van der Waals surface area (Å²) in [4.78, 5) is 4.22. The monoisotopic (exact) mass is 321 g/mol. The molecule has 0 atom stereocenters. The Hall–Kier alpha value is -1.68. The topological polar surface area (TPSA) is 32.6 Å². The number of nitrogens with zero attached hydrogens (tertiary/aromatic N) is 1. The largest absolute Gasteiger partial charge is 0.506 e. The van der Waals surface area contributed by atoms with E-state index in [9.17, 15) is 9.50 Å². The quantitative estimate of drug-likeness (QED) is 0.801. The molecule has 0 bridgehead atoms. The number of halogens is 2. The van der Waals surface area contributed by atoms with Crippen molar-refractivity contribution >= 4 is 27.8 Å². The summed E-state index contributed by atoms with van der Waals surface area (Å²) in [7, 11) is 0. The van der Waals surface area contributed by atoms with Crippen LogP contribution in [0.25, 0.3) is 0 Å². The highest BCUT2D eigenvalue weighted by Gasteiger charge is 2.09. The molecule has 0 aromatic heterocycles. The Balaban J connectivity index is 2.36. The predicted molar refractivity (Wildman–Crippen MR) is 78.9 cm³/mol. The van der Waals surface area contributed by atoms with Crippen molar-refractivity contribution in [2.75, 3.05) is 0 Å². The van der Waals surface area contributed by atoms with E-state index in [1.165, 1.54) is 12.1 Å². The van der Waals surface area contributed by atoms with Gasteiger partial charge in [0.15, 0.2) is 0 Å². The van der Waals surface area contributed by atoms with Gasteiger partial charge in [0.2, 0.25) is 0 Å². The van der Waals surface area contributed by atoms with E-state index in [1.807, 2.05) is 19.9 Å². The number of rotatable bonds is 2. The summed E-state index contributed by atoms with van der Waals surface area (Å²) < 4.78 is 13.4. The first-order valence-corrected chi connectivity index (χ1v) is 6.56. The van der Waals surface area contributed by atoms with Crippen LogP contribution < -0.4 is 0 Å². The number of aliphatic imine (C=N–C) groups is 1. The van der Waals surface area contributed by atoms with Crippen molar-refractivity contribution in [3.63, 3.8) is 0 Å². The van der Waals surface area contributed by atoms with Crippen LogP contribution in [-0.2, 0) is 0 Å². The third-order valence-electron chi connectivity index (χ3n) is 2.95. The minimum absolute atomic E-state index is 0.161. The van der Waals surface area contributed by atoms with E-state index >= 15 is 0 Å². The average Bonchev–Trinajstić information content (AvgIpc) is 2.41. The zero-order valence-electron chi connectivity index (χ0n) is 10.6.